The molecule has 3 nitrogen and oxygen atoms in total. The first-order valence-electron chi connectivity index (χ1n) is 8.46. The van der Waals surface area contributed by atoms with Crippen LogP contribution in [0.4, 0.5) is 0 Å². The van der Waals surface area contributed by atoms with Gasteiger partial charge in [-0.15, -0.1) is 11.8 Å². The third kappa shape index (κ3) is 5.82. The molecule has 1 atom stereocenters. The first-order chi connectivity index (χ1) is 11.8. The molecule has 0 saturated heterocycles. The largest absolute Gasteiger partial charge is 0.497 e. The first-order valence-corrected chi connectivity index (χ1v) is 9.45. The molecule has 0 aliphatic carbocycles. The van der Waals surface area contributed by atoms with Crippen molar-refractivity contribution >= 4 is 17.7 Å². The Morgan fingerprint density at radius 2 is 1.68 bits per heavy atom. The fraction of sp³-hybridized carbons (Fsp3) is 0.381. The minimum atomic E-state index is -0.00187. The molecule has 0 aliphatic rings. The third-order valence-electron chi connectivity index (χ3n) is 4.08. The van der Waals surface area contributed by atoms with Crippen LogP contribution in [-0.2, 0) is 10.2 Å². The Bertz CT molecular complexity index is 687. The number of methoxy groups -OCH3 is 1. The van der Waals surface area contributed by atoms with Gasteiger partial charge in [-0.25, -0.2) is 0 Å². The summed E-state index contributed by atoms with van der Waals surface area (Å²) in [5.41, 5.74) is 2.56. The van der Waals surface area contributed by atoms with Crippen LogP contribution in [0.1, 0.15) is 44.9 Å². The quantitative estimate of drug-likeness (QED) is 0.743. The Morgan fingerprint density at radius 3 is 2.20 bits per heavy atom. The number of nitrogens with one attached hydrogen (secondary N) is 1. The summed E-state index contributed by atoms with van der Waals surface area (Å²) in [4.78, 5) is 13.2. The van der Waals surface area contributed by atoms with Crippen molar-refractivity contribution in [2.45, 2.75) is 44.0 Å². The van der Waals surface area contributed by atoms with E-state index in [0.717, 1.165) is 16.2 Å². The van der Waals surface area contributed by atoms with Crippen LogP contribution in [0.3, 0.4) is 0 Å². The van der Waals surface area contributed by atoms with E-state index >= 15 is 0 Å². The SMILES string of the molecule is COc1ccc(SCC(=O)NC(C)c2ccc(C(C)(C)C)cc2)cc1. The lowest BCUT2D eigenvalue weighted by atomic mass is 9.86. The van der Waals surface area contributed by atoms with Crippen molar-refractivity contribution in [3.8, 4) is 5.75 Å². The van der Waals surface area contributed by atoms with Gasteiger partial charge in [0.1, 0.15) is 5.75 Å². The van der Waals surface area contributed by atoms with E-state index in [0.29, 0.717) is 5.75 Å². The van der Waals surface area contributed by atoms with Crippen LogP contribution in [0.5, 0.6) is 5.75 Å². The maximum Gasteiger partial charge on any atom is 0.230 e. The van der Waals surface area contributed by atoms with E-state index in [9.17, 15) is 4.79 Å². The summed E-state index contributed by atoms with van der Waals surface area (Å²) in [7, 11) is 1.64. The molecule has 0 aliphatic heterocycles. The topological polar surface area (TPSA) is 38.3 Å². The van der Waals surface area contributed by atoms with Crippen LogP contribution in [0, 0.1) is 0 Å². The maximum atomic E-state index is 12.2. The van der Waals surface area contributed by atoms with Crippen LogP contribution in [0.25, 0.3) is 0 Å². The molecule has 0 radical (unpaired) electrons. The van der Waals surface area contributed by atoms with Gasteiger partial charge in [0.2, 0.25) is 5.91 Å². The monoisotopic (exact) mass is 357 g/mol. The van der Waals surface area contributed by atoms with E-state index in [1.165, 1.54) is 17.3 Å². The number of carbonyl (C=O) groups is 1. The van der Waals surface area contributed by atoms with Gasteiger partial charge in [-0.05, 0) is 47.7 Å². The standard InChI is InChI=1S/C21H27NO2S/c1-15(16-6-8-17(9-7-16)21(2,3)4)22-20(23)14-25-19-12-10-18(24-5)11-13-19/h6-13,15H,14H2,1-5H3,(H,22,23). The molecule has 0 fully saturated rings. The molecular weight excluding hydrogens is 330 g/mol. The molecule has 1 amide bonds. The molecule has 0 spiro atoms. The molecule has 2 rings (SSSR count). The van der Waals surface area contributed by atoms with E-state index in [1.54, 1.807) is 7.11 Å². The first kappa shape index (κ1) is 19.4. The van der Waals surface area contributed by atoms with E-state index in [2.05, 4.69) is 50.4 Å². The highest BCUT2D eigenvalue weighted by Crippen LogP contribution is 2.24. The van der Waals surface area contributed by atoms with Gasteiger partial charge in [0.25, 0.3) is 0 Å². The fourth-order valence-electron chi connectivity index (χ4n) is 2.46. The average molecular weight is 358 g/mol. The number of thioether (sulfide) groups is 1. The lowest BCUT2D eigenvalue weighted by molar-refractivity contribution is -0.119. The van der Waals surface area contributed by atoms with Gasteiger partial charge in [-0.2, -0.15) is 0 Å². The normalized spacial score (nSPS) is 12.5. The molecule has 25 heavy (non-hydrogen) atoms. The number of benzene rings is 2. The Kier molecular flexibility index (Phi) is 6.54. The van der Waals surface area contributed by atoms with E-state index in [1.807, 2.05) is 31.2 Å². The summed E-state index contributed by atoms with van der Waals surface area (Å²) in [6, 6.07) is 16.2. The van der Waals surface area contributed by atoms with Crippen molar-refractivity contribution < 1.29 is 9.53 Å². The molecule has 0 aromatic heterocycles. The van der Waals surface area contributed by atoms with Gasteiger partial charge in [-0.3, -0.25) is 4.79 Å². The number of hydrogen-bond acceptors (Lipinski definition) is 3. The second kappa shape index (κ2) is 8.43. The van der Waals surface area contributed by atoms with Gasteiger partial charge in [0.15, 0.2) is 0 Å². The zero-order valence-electron chi connectivity index (χ0n) is 15.6. The number of carbonyl (C=O) groups excluding carboxylic acids is 1. The molecule has 0 heterocycles. The van der Waals surface area contributed by atoms with Crippen molar-refractivity contribution in [1.29, 1.82) is 0 Å². The molecule has 0 bridgehead atoms. The zero-order valence-corrected chi connectivity index (χ0v) is 16.4. The van der Waals surface area contributed by atoms with Crippen molar-refractivity contribution in [1.82, 2.24) is 5.32 Å². The summed E-state index contributed by atoms with van der Waals surface area (Å²) in [6.45, 7) is 8.61. The van der Waals surface area contributed by atoms with Gasteiger partial charge in [0.05, 0.1) is 18.9 Å². The lowest BCUT2D eigenvalue weighted by Crippen LogP contribution is -2.28. The smallest absolute Gasteiger partial charge is 0.230 e. The molecule has 134 valence electrons. The van der Waals surface area contributed by atoms with Gasteiger partial charge < -0.3 is 10.1 Å². The van der Waals surface area contributed by atoms with Crippen LogP contribution < -0.4 is 10.1 Å². The Balaban J connectivity index is 1.86. The highest BCUT2D eigenvalue weighted by atomic mass is 32.2. The third-order valence-corrected chi connectivity index (χ3v) is 5.10. The summed E-state index contributed by atoms with van der Waals surface area (Å²) in [5.74, 6) is 1.26. The van der Waals surface area contributed by atoms with Gasteiger partial charge in [-0.1, -0.05) is 45.0 Å². The molecule has 2 aromatic carbocycles. The molecule has 4 heteroatoms. The predicted molar refractivity (Wildman–Crippen MR) is 105 cm³/mol. The molecule has 1 N–H and O–H groups in total. The summed E-state index contributed by atoms with van der Waals surface area (Å²) in [5, 5.41) is 3.06. The molecule has 1 unspecified atom stereocenters. The highest BCUT2D eigenvalue weighted by molar-refractivity contribution is 8.00. The fourth-order valence-corrected chi connectivity index (χ4v) is 3.17. The highest BCUT2D eigenvalue weighted by Gasteiger charge is 2.15. The van der Waals surface area contributed by atoms with E-state index < -0.39 is 0 Å². The minimum Gasteiger partial charge on any atom is -0.497 e. The van der Waals surface area contributed by atoms with Crippen molar-refractivity contribution in [3.05, 3.63) is 59.7 Å². The summed E-state index contributed by atoms with van der Waals surface area (Å²) in [6.07, 6.45) is 0. The van der Waals surface area contributed by atoms with Crippen molar-refractivity contribution in [2.24, 2.45) is 0 Å². The molecule has 2 aromatic rings. The van der Waals surface area contributed by atoms with E-state index in [-0.39, 0.29) is 17.4 Å². The van der Waals surface area contributed by atoms with Crippen LogP contribution in [0.2, 0.25) is 0 Å². The van der Waals surface area contributed by atoms with Gasteiger partial charge >= 0.3 is 0 Å². The number of hydrogen-bond donors (Lipinski definition) is 1. The zero-order chi connectivity index (χ0) is 18.4. The number of rotatable bonds is 6. The Labute approximate surface area is 155 Å². The lowest BCUT2D eigenvalue weighted by Gasteiger charge is -2.20. The Morgan fingerprint density at radius 1 is 1.08 bits per heavy atom. The second-order valence-corrected chi connectivity index (χ2v) is 8.17. The van der Waals surface area contributed by atoms with Gasteiger partial charge in [0, 0.05) is 4.90 Å². The molecular formula is C21H27NO2S. The molecule has 0 saturated carbocycles. The average Bonchev–Trinajstić information content (AvgIpc) is 2.59. The predicted octanol–water partition coefficient (Wildman–Crippen LogP) is 4.96. The number of ether oxygens (including phenoxy) is 1. The van der Waals surface area contributed by atoms with Crippen LogP contribution in [-0.4, -0.2) is 18.8 Å². The van der Waals surface area contributed by atoms with Crippen LogP contribution in [0.15, 0.2) is 53.4 Å². The van der Waals surface area contributed by atoms with E-state index in [4.69, 9.17) is 4.74 Å². The van der Waals surface area contributed by atoms with Crippen molar-refractivity contribution in [2.75, 3.05) is 12.9 Å². The maximum absolute atomic E-state index is 12.2. The van der Waals surface area contributed by atoms with Crippen LogP contribution >= 0.6 is 11.8 Å². The Hall–Kier alpha value is -1.94. The van der Waals surface area contributed by atoms with Crippen molar-refractivity contribution in [3.63, 3.8) is 0 Å². The second-order valence-electron chi connectivity index (χ2n) is 7.13. The number of amides is 1. The minimum absolute atomic E-state index is 0.00187. The summed E-state index contributed by atoms with van der Waals surface area (Å²) >= 11 is 1.52. The summed E-state index contributed by atoms with van der Waals surface area (Å²) < 4.78 is 5.14.